The average molecular weight is 180 g/mol. The molecule has 0 spiro atoms. The van der Waals surface area contributed by atoms with E-state index in [9.17, 15) is 0 Å². The zero-order chi connectivity index (χ0) is 9.47. The number of nitrogens with two attached hydrogens (primary N) is 2. The van der Waals surface area contributed by atoms with Crippen LogP contribution in [-0.4, -0.2) is 21.0 Å². The van der Waals surface area contributed by atoms with Gasteiger partial charge >= 0.3 is 0 Å². The van der Waals surface area contributed by atoms with Gasteiger partial charge in [0.25, 0.3) is 5.79 Å². The van der Waals surface area contributed by atoms with E-state index in [1.54, 1.807) is 6.92 Å². The van der Waals surface area contributed by atoms with E-state index in [1.165, 1.54) is 0 Å². The zero-order valence-electron chi connectivity index (χ0n) is 6.89. The van der Waals surface area contributed by atoms with Crippen LogP contribution in [0.1, 0.15) is 12.7 Å². The highest BCUT2D eigenvalue weighted by molar-refractivity contribution is 5.81. The molecule has 2 rings (SSSR count). The third kappa shape index (κ3) is 1.16. The third-order valence-corrected chi connectivity index (χ3v) is 1.53. The highest BCUT2D eigenvalue weighted by Gasteiger charge is 2.34. The first-order chi connectivity index (χ1) is 6.10. The first-order valence-electron chi connectivity index (χ1n) is 3.57. The van der Waals surface area contributed by atoms with E-state index < -0.39 is 5.79 Å². The molecule has 2 heterocycles. The van der Waals surface area contributed by atoms with E-state index in [-0.39, 0.29) is 11.8 Å². The first kappa shape index (κ1) is 7.80. The Morgan fingerprint density at radius 1 is 1.46 bits per heavy atom. The zero-order valence-corrected chi connectivity index (χ0v) is 6.89. The Hall–Kier alpha value is -1.83. The van der Waals surface area contributed by atoms with Crippen molar-refractivity contribution in [3.63, 3.8) is 0 Å². The van der Waals surface area contributed by atoms with Crippen molar-refractivity contribution in [1.82, 2.24) is 15.2 Å². The fourth-order valence-corrected chi connectivity index (χ4v) is 0.980. The topological polar surface area (TPSA) is 131 Å². The molecule has 8 nitrogen and oxygen atoms in total. The van der Waals surface area contributed by atoms with Crippen molar-refractivity contribution < 1.29 is 0 Å². The van der Waals surface area contributed by atoms with Gasteiger partial charge in [0.05, 0.1) is 0 Å². The number of H-pyrrole nitrogens is 1. The monoisotopic (exact) mass is 180 g/mol. The second-order valence-corrected chi connectivity index (χ2v) is 2.63. The summed E-state index contributed by atoms with van der Waals surface area (Å²) in [5, 5.41) is 13.6. The standard InChI is InChI=1S/C5H8N8/c1-2-9-5(7,13-10-2)3-8-4(6)12-11-3/h7H2,1H3,(H3,6,8,11,12). The number of amidine groups is 1. The van der Waals surface area contributed by atoms with Crippen molar-refractivity contribution >= 4 is 11.8 Å². The van der Waals surface area contributed by atoms with Crippen LogP contribution in [0.5, 0.6) is 0 Å². The van der Waals surface area contributed by atoms with Crippen LogP contribution in [0.4, 0.5) is 5.95 Å². The fraction of sp³-hybridized carbons (Fsp3) is 0.400. The van der Waals surface area contributed by atoms with Gasteiger partial charge in [0.1, 0.15) is 5.84 Å². The van der Waals surface area contributed by atoms with Crippen LogP contribution in [-0.2, 0) is 5.79 Å². The van der Waals surface area contributed by atoms with Gasteiger partial charge in [0, 0.05) is 0 Å². The molecule has 1 aromatic heterocycles. The summed E-state index contributed by atoms with van der Waals surface area (Å²) in [5.74, 6) is -0.396. The molecule has 1 atom stereocenters. The number of nitrogens with zero attached hydrogens (tertiary/aromatic N) is 5. The molecule has 1 aliphatic rings. The van der Waals surface area contributed by atoms with Gasteiger partial charge in [-0.25, -0.2) is 4.99 Å². The van der Waals surface area contributed by atoms with E-state index in [1.807, 2.05) is 0 Å². The summed E-state index contributed by atoms with van der Waals surface area (Å²) < 4.78 is 0. The van der Waals surface area contributed by atoms with E-state index in [4.69, 9.17) is 11.5 Å². The Morgan fingerprint density at radius 2 is 2.23 bits per heavy atom. The molecular formula is C5H8N8. The van der Waals surface area contributed by atoms with Crippen molar-refractivity contribution in [1.29, 1.82) is 0 Å². The molecule has 1 unspecified atom stereocenters. The molecule has 0 radical (unpaired) electrons. The summed E-state index contributed by atoms with van der Waals surface area (Å²) in [7, 11) is 0. The molecule has 1 aliphatic heterocycles. The second kappa shape index (κ2) is 2.33. The maximum absolute atomic E-state index is 5.75. The third-order valence-electron chi connectivity index (χ3n) is 1.53. The molecule has 0 aliphatic carbocycles. The molecular weight excluding hydrogens is 172 g/mol. The highest BCUT2D eigenvalue weighted by atomic mass is 15.4. The Kier molecular flexibility index (Phi) is 1.40. The minimum absolute atomic E-state index is 0.106. The second-order valence-electron chi connectivity index (χ2n) is 2.63. The number of azo groups is 1. The molecule has 1 aromatic rings. The molecule has 0 amide bonds. The number of anilines is 1. The van der Waals surface area contributed by atoms with E-state index >= 15 is 0 Å². The van der Waals surface area contributed by atoms with E-state index in [0.717, 1.165) is 0 Å². The van der Waals surface area contributed by atoms with Gasteiger partial charge in [-0.3, -0.25) is 10.8 Å². The SMILES string of the molecule is CC1=NC(N)(c2nc(N)n[nH]2)N=N1. The molecule has 0 aromatic carbocycles. The van der Waals surface area contributed by atoms with Crippen LogP contribution in [0.3, 0.4) is 0 Å². The minimum atomic E-state index is -1.28. The summed E-state index contributed by atoms with van der Waals surface area (Å²) in [5.41, 5.74) is 11.1. The quantitative estimate of drug-likeness (QED) is 0.529. The number of nitrogen functional groups attached to an aromatic ring is 1. The molecule has 68 valence electrons. The summed E-state index contributed by atoms with van der Waals surface area (Å²) in [6.07, 6.45) is 0. The summed E-state index contributed by atoms with van der Waals surface area (Å²) in [6, 6.07) is 0. The predicted octanol–water partition coefficient (Wildman–Crippen LogP) is -0.660. The van der Waals surface area contributed by atoms with Crippen LogP contribution in [0.2, 0.25) is 0 Å². The Labute approximate surface area is 73.2 Å². The maximum atomic E-state index is 5.75. The number of aromatic amines is 1. The molecule has 5 N–H and O–H groups in total. The van der Waals surface area contributed by atoms with Gasteiger partial charge in [-0.2, -0.15) is 4.98 Å². The van der Waals surface area contributed by atoms with Crippen LogP contribution in [0.15, 0.2) is 15.2 Å². The summed E-state index contributed by atoms with van der Waals surface area (Å²) in [6.45, 7) is 1.69. The average Bonchev–Trinajstić information content (AvgIpc) is 2.60. The lowest BCUT2D eigenvalue weighted by Gasteiger charge is -2.09. The van der Waals surface area contributed by atoms with E-state index in [0.29, 0.717) is 5.84 Å². The van der Waals surface area contributed by atoms with Crippen LogP contribution >= 0.6 is 0 Å². The number of hydrogen-bond acceptors (Lipinski definition) is 7. The highest BCUT2D eigenvalue weighted by Crippen LogP contribution is 2.23. The van der Waals surface area contributed by atoms with Gasteiger partial charge in [-0.05, 0) is 6.92 Å². The number of aliphatic imine (C=N–C) groups is 1. The van der Waals surface area contributed by atoms with Gasteiger partial charge in [-0.1, -0.05) is 0 Å². The smallest absolute Gasteiger partial charge is 0.284 e. The molecule has 13 heavy (non-hydrogen) atoms. The van der Waals surface area contributed by atoms with Gasteiger partial charge in [0.15, 0.2) is 5.82 Å². The lowest BCUT2D eigenvalue weighted by molar-refractivity contribution is 0.462. The molecule has 0 saturated carbocycles. The van der Waals surface area contributed by atoms with Crippen LogP contribution in [0, 0.1) is 0 Å². The van der Waals surface area contributed by atoms with Crippen molar-refractivity contribution in [3.8, 4) is 0 Å². The van der Waals surface area contributed by atoms with Crippen molar-refractivity contribution in [2.75, 3.05) is 5.73 Å². The normalized spacial score (nSPS) is 26.5. The Morgan fingerprint density at radius 3 is 2.69 bits per heavy atom. The Bertz CT molecular complexity index is 389. The van der Waals surface area contributed by atoms with Crippen molar-refractivity contribution in [2.45, 2.75) is 12.7 Å². The molecule has 8 heteroatoms. The van der Waals surface area contributed by atoms with Crippen LogP contribution in [0.25, 0.3) is 0 Å². The van der Waals surface area contributed by atoms with Crippen molar-refractivity contribution in [3.05, 3.63) is 5.82 Å². The van der Waals surface area contributed by atoms with Gasteiger partial charge < -0.3 is 5.73 Å². The number of rotatable bonds is 1. The largest absolute Gasteiger partial charge is 0.367 e. The number of aromatic nitrogens is 3. The van der Waals surface area contributed by atoms with Gasteiger partial charge in [0.2, 0.25) is 5.95 Å². The lowest BCUT2D eigenvalue weighted by atomic mass is 10.4. The van der Waals surface area contributed by atoms with Crippen LogP contribution < -0.4 is 11.5 Å². The number of hydrogen-bond donors (Lipinski definition) is 3. The molecule has 0 saturated heterocycles. The Balaban J connectivity index is 2.42. The number of nitrogens with one attached hydrogen (secondary N) is 1. The minimum Gasteiger partial charge on any atom is -0.367 e. The fourth-order valence-electron chi connectivity index (χ4n) is 0.980. The van der Waals surface area contributed by atoms with E-state index in [2.05, 4.69) is 30.4 Å². The van der Waals surface area contributed by atoms with Gasteiger partial charge in [-0.15, -0.1) is 15.3 Å². The summed E-state index contributed by atoms with van der Waals surface area (Å²) in [4.78, 5) is 7.80. The summed E-state index contributed by atoms with van der Waals surface area (Å²) >= 11 is 0. The first-order valence-corrected chi connectivity index (χ1v) is 3.57. The lowest BCUT2D eigenvalue weighted by Crippen LogP contribution is -2.32. The maximum Gasteiger partial charge on any atom is 0.284 e. The molecule has 0 fully saturated rings. The predicted molar refractivity (Wildman–Crippen MR) is 44.6 cm³/mol. The molecule has 0 bridgehead atoms. The van der Waals surface area contributed by atoms with Crippen molar-refractivity contribution in [2.24, 2.45) is 21.0 Å².